The van der Waals surface area contributed by atoms with Crippen molar-refractivity contribution in [2.45, 2.75) is 39.8 Å². The molecule has 1 aliphatic rings. The Morgan fingerprint density at radius 2 is 1.67 bits per heavy atom. The molecule has 0 aliphatic carbocycles. The van der Waals surface area contributed by atoms with Crippen LogP contribution in [-0.2, 0) is 4.74 Å². The molecule has 0 saturated carbocycles. The van der Waals surface area contributed by atoms with E-state index in [1.54, 1.807) is 0 Å². The molecule has 0 atom stereocenters. The normalized spacial score (nSPS) is 19.0. The summed E-state index contributed by atoms with van der Waals surface area (Å²) in [5.41, 5.74) is 0. The van der Waals surface area contributed by atoms with E-state index >= 15 is 0 Å². The number of ether oxygens (including phenoxy) is 1. The van der Waals surface area contributed by atoms with Crippen LogP contribution in [0, 0.1) is 0 Å². The average Bonchev–Trinajstić information content (AvgIpc) is 2.34. The number of hydrogen-bond acceptors (Lipinski definition) is 4. The molecule has 0 radical (unpaired) electrons. The molecule has 4 nitrogen and oxygen atoms in total. The van der Waals surface area contributed by atoms with Crippen molar-refractivity contribution in [1.29, 1.82) is 0 Å². The topological polar surface area (TPSA) is 27.7 Å². The lowest BCUT2D eigenvalue weighted by Crippen LogP contribution is -2.49. The molecule has 0 unspecified atom stereocenters. The highest BCUT2D eigenvalue weighted by Crippen LogP contribution is 2.05. The molecule has 0 amide bonds. The summed E-state index contributed by atoms with van der Waals surface area (Å²) < 4.78 is 5.64. The van der Waals surface area contributed by atoms with Gasteiger partial charge in [-0.3, -0.25) is 9.80 Å². The Bertz CT molecular complexity index is 201. The molecule has 4 heteroatoms. The van der Waals surface area contributed by atoms with Crippen LogP contribution < -0.4 is 5.32 Å². The monoisotopic (exact) mass is 257 g/mol. The summed E-state index contributed by atoms with van der Waals surface area (Å²) in [5.74, 6) is 0. The molecule has 1 saturated heterocycles. The van der Waals surface area contributed by atoms with Gasteiger partial charge >= 0.3 is 0 Å². The van der Waals surface area contributed by atoms with Crippen LogP contribution in [0.1, 0.15) is 27.7 Å². The molecule has 108 valence electrons. The first-order valence-electron chi connectivity index (χ1n) is 7.37. The van der Waals surface area contributed by atoms with Gasteiger partial charge in [0.25, 0.3) is 0 Å². The maximum Gasteiger partial charge on any atom is 0.0594 e. The van der Waals surface area contributed by atoms with Crippen LogP contribution in [-0.4, -0.2) is 74.4 Å². The third kappa shape index (κ3) is 6.69. The summed E-state index contributed by atoms with van der Waals surface area (Å²) in [7, 11) is 0. The van der Waals surface area contributed by atoms with Crippen molar-refractivity contribution in [2.75, 3.05) is 52.5 Å². The van der Waals surface area contributed by atoms with Gasteiger partial charge in [-0.15, -0.1) is 0 Å². The third-order valence-electron chi connectivity index (χ3n) is 3.49. The van der Waals surface area contributed by atoms with Gasteiger partial charge in [-0.1, -0.05) is 13.8 Å². The second kappa shape index (κ2) is 8.86. The Labute approximate surface area is 113 Å². The number of hydrogen-bond donors (Lipinski definition) is 1. The van der Waals surface area contributed by atoms with Crippen LogP contribution in [0.25, 0.3) is 0 Å². The predicted octanol–water partition coefficient (Wildman–Crippen LogP) is 1.03. The maximum atomic E-state index is 5.64. The fourth-order valence-electron chi connectivity index (χ4n) is 2.22. The highest BCUT2D eigenvalue weighted by Gasteiger charge is 2.17. The quantitative estimate of drug-likeness (QED) is 0.657. The van der Waals surface area contributed by atoms with Gasteiger partial charge in [0.1, 0.15) is 0 Å². The van der Waals surface area contributed by atoms with Crippen molar-refractivity contribution < 1.29 is 4.74 Å². The van der Waals surface area contributed by atoms with Gasteiger partial charge in [0.05, 0.1) is 13.2 Å². The summed E-state index contributed by atoms with van der Waals surface area (Å²) in [4.78, 5) is 5.05. The highest BCUT2D eigenvalue weighted by molar-refractivity contribution is 4.73. The molecule has 1 aliphatic heterocycles. The van der Waals surface area contributed by atoms with Crippen LogP contribution in [0.4, 0.5) is 0 Å². The van der Waals surface area contributed by atoms with E-state index in [0.717, 1.165) is 26.3 Å². The molecule has 0 aromatic rings. The second-order valence-electron chi connectivity index (χ2n) is 5.69. The van der Waals surface area contributed by atoms with E-state index in [-0.39, 0.29) is 0 Å². The minimum absolute atomic E-state index is 0.553. The maximum absolute atomic E-state index is 5.64. The first-order chi connectivity index (χ1) is 8.59. The fraction of sp³-hybridized carbons (Fsp3) is 1.00. The van der Waals surface area contributed by atoms with Crippen LogP contribution >= 0.6 is 0 Å². The van der Waals surface area contributed by atoms with Crippen molar-refractivity contribution in [3.8, 4) is 0 Å². The largest absolute Gasteiger partial charge is 0.379 e. The van der Waals surface area contributed by atoms with Crippen molar-refractivity contribution in [3.63, 3.8) is 0 Å². The zero-order valence-corrected chi connectivity index (χ0v) is 12.6. The molecule has 0 aromatic carbocycles. The Hall–Kier alpha value is -0.160. The summed E-state index contributed by atoms with van der Waals surface area (Å²) in [5, 5.41) is 3.36. The number of piperazine rings is 1. The molecule has 0 spiro atoms. The van der Waals surface area contributed by atoms with Gasteiger partial charge in [-0.05, 0) is 13.8 Å². The lowest BCUT2D eigenvalue weighted by Gasteiger charge is -2.36. The summed E-state index contributed by atoms with van der Waals surface area (Å²) in [6, 6.07) is 1.24. The molecule has 1 rings (SSSR count). The van der Waals surface area contributed by atoms with Crippen LogP contribution in [0.2, 0.25) is 0 Å². The molecule has 1 N–H and O–H groups in total. The van der Waals surface area contributed by atoms with E-state index in [1.807, 2.05) is 0 Å². The van der Waals surface area contributed by atoms with Crippen LogP contribution in [0.3, 0.4) is 0 Å². The molecular weight excluding hydrogens is 226 g/mol. The van der Waals surface area contributed by atoms with E-state index < -0.39 is 0 Å². The fourth-order valence-corrected chi connectivity index (χ4v) is 2.22. The minimum atomic E-state index is 0.553. The zero-order chi connectivity index (χ0) is 13.4. The van der Waals surface area contributed by atoms with Crippen molar-refractivity contribution in [3.05, 3.63) is 0 Å². The molecule has 0 bridgehead atoms. The minimum Gasteiger partial charge on any atom is -0.379 e. The SMILES string of the molecule is CC(C)NCCOCCN1CCN(C(C)C)CC1. The van der Waals surface area contributed by atoms with E-state index in [0.29, 0.717) is 12.1 Å². The highest BCUT2D eigenvalue weighted by atomic mass is 16.5. The lowest BCUT2D eigenvalue weighted by molar-refractivity contribution is 0.0670. The summed E-state index contributed by atoms with van der Waals surface area (Å²) in [6.45, 7) is 17.4. The Morgan fingerprint density at radius 1 is 1.00 bits per heavy atom. The van der Waals surface area contributed by atoms with Gasteiger partial charge < -0.3 is 10.1 Å². The Morgan fingerprint density at radius 3 is 2.22 bits per heavy atom. The number of nitrogens with one attached hydrogen (secondary N) is 1. The zero-order valence-electron chi connectivity index (χ0n) is 12.6. The van der Waals surface area contributed by atoms with E-state index in [9.17, 15) is 0 Å². The van der Waals surface area contributed by atoms with Gasteiger partial charge in [-0.25, -0.2) is 0 Å². The van der Waals surface area contributed by atoms with E-state index in [4.69, 9.17) is 4.74 Å². The number of nitrogens with zero attached hydrogens (tertiary/aromatic N) is 2. The summed E-state index contributed by atoms with van der Waals surface area (Å²) in [6.07, 6.45) is 0. The lowest BCUT2D eigenvalue weighted by atomic mass is 10.2. The first kappa shape index (κ1) is 15.9. The summed E-state index contributed by atoms with van der Waals surface area (Å²) >= 11 is 0. The average molecular weight is 257 g/mol. The third-order valence-corrected chi connectivity index (χ3v) is 3.49. The Balaban J connectivity index is 1.95. The van der Waals surface area contributed by atoms with Gasteiger partial charge in [0.2, 0.25) is 0 Å². The standard InChI is InChI=1S/C14H31N3O/c1-13(2)15-5-11-18-12-10-16-6-8-17(9-7-16)14(3)4/h13-15H,5-12H2,1-4H3. The smallest absolute Gasteiger partial charge is 0.0594 e. The molecular formula is C14H31N3O. The predicted molar refractivity (Wildman–Crippen MR) is 77.1 cm³/mol. The Kier molecular flexibility index (Phi) is 7.82. The van der Waals surface area contributed by atoms with Crippen molar-refractivity contribution >= 4 is 0 Å². The molecule has 0 aromatic heterocycles. The van der Waals surface area contributed by atoms with Crippen molar-refractivity contribution in [1.82, 2.24) is 15.1 Å². The van der Waals surface area contributed by atoms with E-state index in [1.165, 1.54) is 26.2 Å². The molecule has 18 heavy (non-hydrogen) atoms. The van der Waals surface area contributed by atoms with E-state index in [2.05, 4.69) is 42.8 Å². The van der Waals surface area contributed by atoms with Gasteiger partial charge in [-0.2, -0.15) is 0 Å². The molecule has 1 fully saturated rings. The van der Waals surface area contributed by atoms with Crippen LogP contribution in [0.5, 0.6) is 0 Å². The van der Waals surface area contributed by atoms with Crippen molar-refractivity contribution in [2.24, 2.45) is 0 Å². The second-order valence-corrected chi connectivity index (χ2v) is 5.69. The molecule has 1 heterocycles. The number of rotatable bonds is 8. The van der Waals surface area contributed by atoms with Gasteiger partial charge in [0, 0.05) is 51.4 Å². The van der Waals surface area contributed by atoms with Crippen LogP contribution in [0.15, 0.2) is 0 Å². The first-order valence-corrected chi connectivity index (χ1v) is 7.37. The van der Waals surface area contributed by atoms with Gasteiger partial charge in [0.15, 0.2) is 0 Å².